The first-order chi connectivity index (χ1) is 16.5. The van der Waals surface area contributed by atoms with Crippen LogP contribution in [0, 0.1) is 5.41 Å². The monoisotopic (exact) mass is 455 g/mol. The average Bonchev–Trinajstić information content (AvgIpc) is 3.34. The fraction of sp³-hybridized carbons (Fsp3) is 0.385. The third-order valence-electron chi connectivity index (χ3n) is 7.94. The molecule has 2 aromatic heterocycles. The zero-order chi connectivity index (χ0) is 23.4. The van der Waals surface area contributed by atoms with E-state index in [-0.39, 0.29) is 34.8 Å². The quantitative estimate of drug-likeness (QED) is 0.610. The number of carbonyl (C=O) groups is 1. The van der Waals surface area contributed by atoms with Crippen LogP contribution >= 0.6 is 0 Å². The summed E-state index contributed by atoms with van der Waals surface area (Å²) in [5, 5.41) is 0. The van der Waals surface area contributed by atoms with Gasteiger partial charge in [-0.05, 0) is 47.9 Å². The highest BCUT2D eigenvalue weighted by molar-refractivity contribution is 6.08. The summed E-state index contributed by atoms with van der Waals surface area (Å²) < 4.78 is 0. The minimum Gasteiger partial charge on any atom is -0.382 e. The van der Waals surface area contributed by atoms with E-state index in [4.69, 9.17) is 11.5 Å². The van der Waals surface area contributed by atoms with Gasteiger partial charge in [-0.2, -0.15) is 0 Å². The molecule has 1 spiro atoms. The lowest BCUT2D eigenvalue weighted by Gasteiger charge is -2.42. The van der Waals surface area contributed by atoms with Crippen molar-refractivity contribution >= 4 is 23.2 Å². The molecule has 1 amide bonds. The van der Waals surface area contributed by atoms with Crippen LogP contribution in [0.1, 0.15) is 59.0 Å². The van der Waals surface area contributed by atoms with Gasteiger partial charge in [0.25, 0.3) is 5.91 Å². The van der Waals surface area contributed by atoms with Crippen LogP contribution in [0.5, 0.6) is 0 Å². The number of piperidine rings is 1. The van der Waals surface area contributed by atoms with Crippen LogP contribution in [-0.4, -0.2) is 40.5 Å². The van der Waals surface area contributed by atoms with Crippen LogP contribution in [-0.2, 0) is 6.42 Å². The predicted molar refractivity (Wildman–Crippen MR) is 132 cm³/mol. The van der Waals surface area contributed by atoms with Gasteiger partial charge < -0.3 is 21.3 Å². The lowest BCUT2D eigenvalue weighted by atomic mass is 9.73. The van der Waals surface area contributed by atoms with E-state index in [1.54, 1.807) is 17.3 Å². The number of aromatic nitrogens is 3. The number of nitrogens with two attached hydrogens (primary N) is 2. The smallest absolute Gasteiger partial charge is 0.280 e. The zero-order valence-electron chi connectivity index (χ0n) is 19.3. The second-order valence-corrected chi connectivity index (χ2v) is 9.89. The maximum absolute atomic E-state index is 13.3. The Labute approximate surface area is 199 Å². The van der Waals surface area contributed by atoms with Gasteiger partial charge in [0.1, 0.15) is 5.82 Å². The first kappa shape index (κ1) is 21.0. The molecule has 0 saturated carbocycles. The number of nitrogens with zero attached hydrogens (tertiary/aromatic N) is 5. The van der Waals surface area contributed by atoms with Crippen molar-refractivity contribution < 1.29 is 4.79 Å². The highest BCUT2D eigenvalue weighted by Crippen LogP contribution is 2.50. The molecule has 1 fully saturated rings. The van der Waals surface area contributed by atoms with E-state index in [1.165, 1.54) is 11.1 Å². The lowest BCUT2D eigenvalue weighted by Crippen LogP contribution is -2.44. The topological polar surface area (TPSA) is 114 Å². The largest absolute Gasteiger partial charge is 0.382 e. The predicted octanol–water partition coefficient (Wildman–Crippen LogP) is 3.06. The molecule has 4 heterocycles. The van der Waals surface area contributed by atoms with Gasteiger partial charge in [-0.1, -0.05) is 31.2 Å². The number of fused-ring (bicyclic) bond motifs is 2. The molecular weight excluding hydrogens is 426 g/mol. The summed E-state index contributed by atoms with van der Waals surface area (Å²) in [4.78, 5) is 30.7. The fourth-order valence-corrected chi connectivity index (χ4v) is 5.99. The Morgan fingerprint density at radius 3 is 2.68 bits per heavy atom. The summed E-state index contributed by atoms with van der Waals surface area (Å²) in [5.74, 6) is 0.812. The molecule has 3 aliphatic rings. The number of nitrogen functional groups attached to an aromatic ring is 1. The van der Waals surface area contributed by atoms with Gasteiger partial charge in [0.2, 0.25) is 0 Å². The van der Waals surface area contributed by atoms with E-state index in [9.17, 15) is 4.79 Å². The molecule has 4 N–H and O–H groups in total. The van der Waals surface area contributed by atoms with Crippen LogP contribution in [0.4, 0.5) is 17.3 Å². The van der Waals surface area contributed by atoms with Crippen LogP contribution in [0.2, 0.25) is 0 Å². The number of hydrogen-bond donors (Lipinski definition) is 2. The molecular formula is C26H29N7O. The van der Waals surface area contributed by atoms with Crippen molar-refractivity contribution in [3.05, 3.63) is 71.3 Å². The van der Waals surface area contributed by atoms with E-state index < -0.39 is 0 Å². The SMILES string of the molecule is CC1CN(C(=O)c2ncc(N3CCC4(CC3)Cc3ccccc3[C@H]4N)nc2N)c2cccnc21. The maximum Gasteiger partial charge on any atom is 0.280 e. The average molecular weight is 456 g/mol. The number of benzene rings is 1. The third-order valence-corrected chi connectivity index (χ3v) is 7.94. The minimum absolute atomic E-state index is 0.0715. The van der Waals surface area contributed by atoms with Crippen molar-refractivity contribution in [1.82, 2.24) is 15.0 Å². The molecule has 1 aromatic carbocycles. The van der Waals surface area contributed by atoms with Gasteiger partial charge in [-0.3, -0.25) is 9.78 Å². The Morgan fingerprint density at radius 1 is 1.12 bits per heavy atom. The molecule has 1 aliphatic carbocycles. The van der Waals surface area contributed by atoms with Crippen molar-refractivity contribution in [3.63, 3.8) is 0 Å². The lowest BCUT2D eigenvalue weighted by molar-refractivity contribution is 0.0984. The number of anilines is 3. The van der Waals surface area contributed by atoms with Crippen molar-refractivity contribution in [3.8, 4) is 0 Å². The van der Waals surface area contributed by atoms with E-state index >= 15 is 0 Å². The highest BCUT2D eigenvalue weighted by Gasteiger charge is 2.46. The number of rotatable bonds is 2. The fourth-order valence-electron chi connectivity index (χ4n) is 5.99. The van der Waals surface area contributed by atoms with E-state index in [0.717, 1.165) is 43.7 Å². The van der Waals surface area contributed by atoms with Crippen LogP contribution in [0.3, 0.4) is 0 Å². The van der Waals surface area contributed by atoms with E-state index in [1.807, 2.05) is 12.1 Å². The molecule has 6 rings (SSSR count). The molecule has 2 atom stereocenters. The number of carbonyl (C=O) groups excluding carboxylic acids is 1. The van der Waals surface area contributed by atoms with Crippen molar-refractivity contribution in [2.45, 2.75) is 38.1 Å². The van der Waals surface area contributed by atoms with Gasteiger partial charge in [-0.25, -0.2) is 9.97 Å². The molecule has 0 radical (unpaired) electrons. The molecule has 174 valence electrons. The first-order valence-electron chi connectivity index (χ1n) is 11.9. The Bertz CT molecular complexity index is 1270. The molecule has 0 bridgehead atoms. The van der Waals surface area contributed by atoms with Crippen molar-refractivity contribution in [2.24, 2.45) is 11.1 Å². The summed E-state index contributed by atoms with van der Waals surface area (Å²) in [6, 6.07) is 12.4. The highest BCUT2D eigenvalue weighted by atomic mass is 16.2. The molecule has 3 aromatic rings. The maximum atomic E-state index is 13.3. The van der Waals surface area contributed by atoms with Gasteiger partial charge in [-0.15, -0.1) is 0 Å². The molecule has 1 saturated heterocycles. The summed E-state index contributed by atoms with van der Waals surface area (Å²) in [7, 11) is 0. The molecule has 2 aliphatic heterocycles. The third kappa shape index (κ3) is 3.16. The second kappa shape index (κ2) is 7.77. The van der Waals surface area contributed by atoms with Crippen molar-refractivity contribution in [1.29, 1.82) is 0 Å². The summed E-state index contributed by atoms with van der Waals surface area (Å²) in [5.41, 5.74) is 17.7. The normalized spacial score (nSPS) is 22.6. The Hall–Kier alpha value is -3.52. The minimum atomic E-state index is -0.234. The first-order valence-corrected chi connectivity index (χ1v) is 11.9. The number of amides is 1. The molecule has 34 heavy (non-hydrogen) atoms. The Morgan fingerprint density at radius 2 is 1.91 bits per heavy atom. The zero-order valence-corrected chi connectivity index (χ0v) is 19.3. The molecule has 8 heteroatoms. The van der Waals surface area contributed by atoms with Crippen LogP contribution in [0.15, 0.2) is 48.8 Å². The number of hydrogen-bond acceptors (Lipinski definition) is 7. The van der Waals surface area contributed by atoms with Gasteiger partial charge in [0, 0.05) is 37.8 Å². The second-order valence-electron chi connectivity index (χ2n) is 9.89. The van der Waals surface area contributed by atoms with Gasteiger partial charge in [0.05, 0.1) is 17.6 Å². The summed E-state index contributed by atoms with van der Waals surface area (Å²) in [6.45, 7) is 4.30. The Kier molecular flexibility index (Phi) is 4.81. The standard InChI is InChI=1S/C26H29N7O/c1-16-15-33(19-7-4-10-29-21(16)19)25(34)22-24(28)31-20(14-30-22)32-11-8-26(9-12-32)13-17-5-2-3-6-18(17)23(26)27/h2-7,10,14,16,23H,8-9,11-13,15,27H2,1H3,(H2,28,31)/t16?,23-/m1/s1. The van der Waals surface area contributed by atoms with Crippen LogP contribution in [0.25, 0.3) is 0 Å². The Balaban J connectivity index is 1.18. The number of pyridine rings is 1. The van der Waals surface area contributed by atoms with Gasteiger partial charge in [0.15, 0.2) is 11.5 Å². The molecule has 1 unspecified atom stereocenters. The van der Waals surface area contributed by atoms with Crippen LogP contribution < -0.4 is 21.3 Å². The van der Waals surface area contributed by atoms with Gasteiger partial charge >= 0.3 is 0 Å². The summed E-state index contributed by atoms with van der Waals surface area (Å²) >= 11 is 0. The van der Waals surface area contributed by atoms with Crippen molar-refractivity contribution in [2.75, 3.05) is 35.2 Å². The van der Waals surface area contributed by atoms with E-state index in [0.29, 0.717) is 12.4 Å². The molecule has 8 nitrogen and oxygen atoms in total. The van der Waals surface area contributed by atoms with E-state index in [2.05, 4.69) is 51.0 Å². The summed E-state index contributed by atoms with van der Waals surface area (Å²) in [6.07, 6.45) is 6.44.